The van der Waals surface area contributed by atoms with Gasteiger partial charge in [0, 0.05) is 6.04 Å². The molecular formula is C15H24N2O2. The molecule has 0 fully saturated rings. The second-order valence-electron chi connectivity index (χ2n) is 5.16. The first kappa shape index (κ1) is 15.5. The Hall–Kier alpha value is -1.55. The molecular weight excluding hydrogens is 240 g/mol. The van der Waals surface area contributed by atoms with E-state index in [-0.39, 0.29) is 17.7 Å². The number of aromatic hydroxyl groups is 1. The standard InChI is InChI=1S/C15H24N2O2/c1-4-10(2)11(3)17-15(19)14(16)9-12-5-7-13(18)8-6-12/h5-8,10-11,14,18H,4,9,16H2,1-3H3,(H,17,19)/t10?,11?,14-/m1/s1. The molecule has 0 saturated heterocycles. The van der Waals surface area contributed by atoms with Gasteiger partial charge in [0.05, 0.1) is 6.04 Å². The van der Waals surface area contributed by atoms with E-state index < -0.39 is 6.04 Å². The van der Waals surface area contributed by atoms with Crippen molar-refractivity contribution in [2.45, 2.75) is 45.7 Å². The molecule has 106 valence electrons. The number of rotatable bonds is 6. The minimum absolute atomic E-state index is 0.124. The fraction of sp³-hybridized carbons (Fsp3) is 0.533. The van der Waals surface area contributed by atoms with E-state index in [4.69, 9.17) is 5.73 Å². The lowest BCUT2D eigenvalue weighted by Gasteiger charge is -2.22. The summed E-state index contributed by atoms with van der Waals surface area (Å²) in [6.45, 7) is 6.21. The van der Waals surface area contributed by atoms with Gasteiger partial charge in [-0.2, -0.15) is 0 Å². The van der Waals surface area contributed by atoms with Gasteiger partial charge < -0.3 is 16.2 Å². The number of hydrogen-bond donors (Lipinski definition) is 3. The fourth-order valence-corrected chi connectivity index (χ4v) is 1.81. The van der Waals surface area contributed by atoms with Crippen molar-refractivity contribution in [3.8, 4) is 5.75 Å². The number of carbonyl (C=O) groups excluding carboxylic acids is 1. The Morgan fingerprint density at radius 1 is 1.32 bits per heavy atom. The van der Waals surface area contributed by atoms with Crippen molar-refractivity contribution in [3.63, 3.8) is 0 Å². The smallest absolute Gasteiger partial charge is 0.237 e. The van der Waals surface area contributed by atoms with Gasteiger partial charge in [-0.15, -0.1) is 0 Å². The predicted molar refractivity (Wildman–Crippen MR) is 76.8 cm³/mol. The van der Waals surface area contributed by atoms with Crippen LogP contribution in [0.25, 0.3) is 0 Å². The molecule has 4 nitrogen and oxygen atoms in total. The maximum Gasteiger partial charge on any atom is 0.237 e. The Morgan fingerprint density at radius 3 is 2.42 bits per heavy atom. The molecule has 3 atom stereocenters. The first-order chi connectivity index (χ1) is 8.93. The maximum absolute atomic E-state index is 12.0. The van der Waals surface area contributed by atoms with Crippen LogP contribution in [0.1, 0.15) is 32.8 Å². The third-order valence-electron chi connectivity index (χ3n) is 3.60. The molecule has 0 aliphatic carbocycles. The van der Waals surface area contributed by atoms with Crippen molar-refractivity contribution in [2.24, 2.45) is 11.7 Å². The van der Waals surface area contributed by atoms with E-state index in [1.165, 1.54) is 0 Å². The largest absolute Gasteiger partial charge is 0.508 e. The summed E-state index contributed by atoms with van der Waals surface area (Å²) in [6.07, 6.45) is 1.49. The molecule has 1 rings (SSSR count). The predicted octanol–water partition coefficient (Wildman–Crippen LogP) is 1.81. The van der Waals surface area contributed by atoms with Crippen molar-refractivity contribution in [1.82, 2.24) is 5.32 Å². The molecule has 1 aromatic rings. The van der Waals surface area contributed by atoms with E-state index in [0.717, 1.165) is 12.0 Å². The van der Waals surface area contributed by atoms with Crippen molar-refractivity contribution >= 4 is 5.91 Å². The second-order valence-corrected chi connectivity index (χ2v) is 5.16. The highest BCUT2D eigenvalue weighted by Gasteiger charge is 2.18. The summed E-state index contributed by atoms with van der Waals surface area (Å²) in [5, 5.41) is 12.1. The molecule has 1 aromatic carbocycles. The number of phenolic OH excluding ortho intramolecular Hbond substituents is 1. The van der Waals surface area contributed by atoms with Crippen LogP contribution in [0.2, 0.25) is 0 Å². The molecule has 0 aliphatic rings. The quantitative estimate of drug-likeness (QED) is 0.733. The highest BCUT2D eigenvalue weighted by atomic mass is 16.3. The number of nitrogens with two attached hydrogens (primary N) is 1. The molecule has 0 radical (unpaired) electrons. The van der Waals surface area contributed by atoms with Crippen LogP contribution < -0.4 is 11.1 Å². The van der Waals surface area contributed by atoms with E-state index in [1.54, 1.807) is 24.3 Å². The SMILES string of the molecule is CCC(C)C(C)NC(=O)[C@H](N)Cc1ccc(O)cc1. The van der Waals surface area contributed by atoms with Crippen molar-refractivity contribution in [2.75, 3.05) is 0 Å². The average Bonchev–Trinajstić information content (AvgIpc) is 2.40. The van der Waals surface area contributed by atoms with Crippen LogP contribution in [-0.4, -0.2) is 23.1 Å². The minimum Gasteiger partial charge on any atom is -0.508 e. The molecule has 0 aliphatic heterocycles. The van der Waals surface area contributed by atoms with Crippen LogP contribution in [-0.2, 0) is 11.2 Å². The first-order valence-electron chi connectivity index (χ1n) is 6.77. The third kappa shape index (κ3) is 4.91. The lowest BCUT2D eigenvalue weighted by Crippen LogP contribution is -2.47. The number of nitrogens with one attached hydrogen (secondary N) is 1. The average molecular weight is 264 g/mol. The summed E-state index contributed by atoms with van der Waals surface area (Å²) in [6, 6.07) is 6.32. The molecule has 2 unspecified atom stereocenters. The van der Waals surface area contributed by atoms with Gasteiger partial charge in [-0.3, -0.25) is 4.79 Å². The topological polar surface area (TPSA) is 75.4 Å². The van der Waals surface area contributed by atoms with Crippen molar-refractivity contribution in [1.29, 1.82) is 0 Å². The summed E-state index contributed by atoms with van der Waals surface area (Å²) < 4.78 is 0. The van der Waals surface area contributed by atoms with Crippen LogP contribution in [0.3, 0.4) is 0 Å². The Bertz CT molecular complexity index is 403. The molecule has 0 bridgehead atoms. The minimum atomic E-state index is -0.559. The summed E-state index contributed by atoms with van der Waals surface area (Å²) in [4.78, 5) is 12.0. The van der Waals surface area contributed by atoms with Crippen LogP contribution in [0.5, 0.6) is 5.75 Å². The molecule has 4 N–H and O–H groups in total. The number of phenols is 1. The van der Waals surface area contributed by atoms with Gasteiger partial charge in [-0.05, 0) is 37.0 Å². The summed E-state index contributed by atoms with van der Waals surface area (Å²) in [5.41, 5.74) is 6.84. The molecule has 0 aromatic heterocycles. The van der Waals surface area contributed by atoms with Gasteiger partial charge in [0.15, 0.2) is 0 Å². The van der Waals surface area contributed by atoms with Crippen LogP contribution in [0.4, 0.5) is 0 Å². The van der Waals surface area contributed by atoms with Gasteiger partial charge in [0.2, 0.25) is 5.91 Å². The molecule has 1 amide bonds. The Balaban J connectivity index is 2.51. The summed E-state index contributed by atoms with van der Waals surface area (Å²) >= 11 is 0. The Labute approximate surface area is 115 Å². The van der Waals surface area contributed by atoms with E-state index in [1.807, 2.05) is 6.92 Å². The number of amides is 1. The molecule has 4 heteroatoms. The van der Waals surface area contributed by atoms with Crippen molar-refractivity contribution < 1.29 is 9.90 Å². The normalized spacial score (nSPS) is 15.6. The van der Waals surface area contributed by atoms with Crippen LogP contribution >= 0.6 is 0 Å². The van der Waals surface area contributed by atoms with Gasteiger partial charge in [-0.1, -0.05) is 32.4 Å². The van der Waals surface area contributed by atoms with Gasteiger partial charge in [-0.25, -0.2) is 0 Å². The Kier molecular flexibility index (Phi) is 5.83. The molecule has 0 spiro atoms. The third-order valence-corrected chi connectivity index (χ3v) is 3.60. The maximum atomic E-state index is 12.0. The number of hydrogen-bond acceptors (Lipinski definition) is 3. The highest BCUT2D eigenvalue weighted by molar-refractivity contribution is 5.82. The lowest BCUT2D eigenvalue weighted by atomic mass is 10.00. The first-order valence-corrected chi connectivity index (χ1v) is 6.77. The van der Waals surface area contributed by atoms with E-state index in [0.29, 0.717) is 12.3 Å². The molecule has 19 heavy (non-hydrogen) atoms. The summed E-state index contributed by atoms with van der Waals surface area (Å²) in [5.74, 6) is 0.526. The zero-order valence-corrected chi connectivity index (χ0v) is 11.9. The zero-order valence-electron chi connectivity index (χ0n) is 11.9. The number of carbonyl (C=O) groups is 1. The monoisotopic (exact) mass is 264 g/mol. The van der Waals surface area contributed by atoms with Crippen molar-refractivity contribution in [3.05, 3.63) is 29.8 Å². The highest BCUT2D eigenvalue weighted by Crippen LogP contribution is 2.11. The van der Waals surface area contributed by atoms with Crippen LogP contribution in [0, 0.1) is 5.92 Å². The lowest BCUT2D eigenvalue weighted by molar-refractivity contribution is -0.123. The number of benzene rings is 1. The van der Waals surface area contributed by atoms with E-state index >= 15 is 0 Å². The zero-order chi connectivity index (χ0) is 14.4. The van der Waals surface area contributed by atoms with E-state index in [9.17, 15) is 9.90 Å². The van der Waals surface area contributed by atoms with Gasteiger partial charge in [0.1, 0.15) is 5.75 Å². The summed E-state index contributed by atoms with van der Waals surface area (Å²) in [7, 11) is 0. The van der Waals surface area contributed by atoms with Crippen LogP contribution in [0.15, 0.2) is 24.3 Å². The second kappa shape index (κ2) is 7.14. The fourth-order valence-electron chi connectivity index (χ4n) is 1.81. The van der Waals surface area contributed by atoms with Gasteiger partial charge >= 0.3 is 0 Å². The Morgan fingerprint density at radius 2 is 1.89 bits per heavy atom. The van der Waals surface area contributed by atoms with Gasteiger partial charge in [0.25, 0.3) is 0 Å². The molecule has 0 heterocycles. The molecule has 0 saturated carbocycles. The van der Waals surface area contributed by atoms with E-state index in [2.05, 4.69) is 19.2 Å².